The average molecular weight is 460 g/mol. The monoisotopic (exact) mass is 459 g/mol. The van der Waals surface area contributed by atoms with E-state index in [0.717, 1.165) is 11.3 Å². The Hall–Kier alpha value is -3.49. The standard InChI is InChI=1S/C32H27NS/c1-32(2,3)20-21-16-17-33-28(18-21)25-14-9-15-26-29-27(22-10-5-4-6-11-22)19-23-12-7-8-13-24(23)31(29)34-30(25)26/h4-19H,20H2,1-3H3/i20D2. The molecule has 0 fully saturated rings. The largest absolute Gasteiger partial charge is 0.256 e. The number of benzene rings is 4. The van der Waals surface area contributed by atoms with Crippen molar-refractivity contribution < 1.29 is 2.74 Å². The van der Waals surface area contributed by atoms with Crippen LogP contribution in [-0.4, -0.2) is 4.98 Å². The van der Waals surface area contributed by atoms with Crippen molar-refractivity contribution in [3.05, 3.63) is 103 Å². The van der Waals surface area contributed by atoms with E-state index in [-0.39, 0.29) is 0 Å². The molecule has 0 saturated carbocycles. The van der Waals surface area contributed by atoms with E-state index in [9.17, 15) is 0 Å². The first kappa shape index (κ1) is 18.9. The van der Waals surface area contributed by atoms with Crippen molar-refractivity contribution >= 4 is 42.3 Å². The van der Waals surface area contributed by atoms with Crippen LogP contribution in [0.25, 0.3) is 53.3 Å². The molecule has 6 aromatic rings. The van der Waals surface area contributed by atoms with E-state index in [1.54, 1.807) is 23.6 Å². The van der Waals surface area contributed by atoms with Gasteiger partial charge in [0.05, 0.1) is 5.69 Å². The van der Waals surface area contributed by atoms with E-state index in [1.807, 2.05) is 26.8 Å². The summed E-state index contributed by atoms with van der Waals surface area (Å²) in [7, 11) is 0. The molecule has 34 heavy (non-hydrogen) atoms. The van der Waals surface area contributed by atoms with Crippen LogP contribution in [0.15, 0.2) is 97.2 Å². The lowest BCUT2D eigenvalue weighted by Crippen LogP contribution is -2.09. The van der Waals surface area contributed by atoms with E-state index >= 15 is 0 Å². The number of aromatic nitrogens is 1. The Morgan fingerprint density at radius 1 is 0.765 bits per heavy atom. The molecule has 4 aromatic carbocycles. The zero-order valence-corrected chi connectivity index (χ0v) is 20.4. The van der Waals surface area contributed by atoms with Crippen molar-refractivity contribution in [2.24, 2.45) is 5.41 Å². The molecule has 0 radical (unpaired) electrons. The van der Waals surface area contributed by atoms with E-state index in [2.05, 4.69) is 78.9 Å². The second kappa shape index (κ2) is 8.07. The third kappa shape index (κ3) is 3.69. The molecule has 0 amide bonds. The van der Waals surface area contributed by atoms with Crippen molar-refractivity contribution in [3.8, 4) is 22.4 Å². The number of hydrogen-bond acceptors (Lipinski definition) is 2. The van der Waals surface area contributed by atoms with Gasteiger partial charge in [-0.2, -0.15) is 0 Å². The van der Waals surface area contributed by atoms with Gasteiger partial charge in [-0.25, -0.2) is 0 Å². The van der Waals surface area contributed by atoms with Gasteiger partial charge in [0.2, 0.25) is 0 Å². The molecule has 0 atom stereocenters. The minimum atomic E-state index is -1.48. The molecule has 0 aliphatic rings. The van der Waals surface area contributed by atoms with E-state index in [1.165, 1.54) is 42.1 Å². The fourth-order valence-electron chi connectivity index (χ4n) is 4.77. The Balaban J connectivity index is 1.67. The SMILES string of the molecule is [2H]C([2H])(c1ccnc(-c2cccc3c2sc2c4ccccc4cc(-c4ccccc4)c32)c1)C(C)(C)C. The first-order valence-electron chi connectivity index (χ1n) is 12.6. The lowest BCUT2D eigenvalue weighted by Gasteiger charge is -2.18. The number of pyridine rings is 1. The zero-order chi connectivity index (χ0) is 25.1. The summed E-state index contributed by atoms with van der Waals surface area (Å²) in [6.45, 7) is 5.82. The van der Waals surface area contributed by atoms with Gasteiger partial charge in [0.25, 0.3) is 0 Å². The van der Waals surface area contributed by atoms with Gasteiger partial charge in [-0.15, -0.1) is 11.3 Å². The minimum Gasteiger partial charge on any atom is -0.256 e. The number of nitrogens with zero attached hydrogens (tertiary/aromatic N) is 1. The summed E-state index contributed by atoms with van der Waals surface area (Å²) in [5.74, 6) is 0. The Morgan fingerprint density at radius 2 is 1.53 bits per heavy atom. The van der Waals surface area contributed by atoms with Crippen LogP contribution >= 0.6 is 11.3 Å². The smallest absolute Gasteiger partial charge is 0.0719 e. The summed E-state index contributed by atoms with van der Waals surface area (Å²) in [5.41, 5.74) is 4.43. The van der Waals surface area contributed by atoms with Crippen LogP contribution < -0.4 is 0 Å². The molecular formula is C32H27NS. The molecule has 0 spiro atoms. The molecule has 6 rings (SSSR count). The van der Waals surface area contributed by atoms with Gasteiger partial charge in [0, 0.05) is 34.7 Å². The molecule has 0 N–H and O–H groups in total. The van der Waals surface area contributed by atoms with Gasteiger partial charge in [-0.1, -0.05) is 93.6 Å². The first-order chi connectivity index (χ1) is 17.3. The lowest BCUT2D eigenvalue weighted by atomic mass is 9.88. The Labute approximate surface area is 207 Å². The Morgan fingerprint density at radius 3 is 2.35 bits per heavy atom. The maximum atomic E-state index is 8.78. The highest BCUT2D eigenvalue weighted by molar-refractivity contribution is 7.27. The van der Waals surface area contributed by atoms with Crippen molar-refractivity contribution in [2.75, 3.05) is 0 Å². The van der Waals surface area contributed by atoms with Gasteiger partial charge in [0.15, 0.2) is 0 Å². The average Bonchev–Trinajstić information content (AvgIpc) is 3.28. The lowest BCUT2D eigenvalue weighted by molar-refractivity contribution is 0.411. The van der Waals surface area contributed by atoms with Crippen LogP contribution in [0.1, 0.15) is 29.1 Å². The fourth-order valence-corrected chi connectivity index (χ4v) is 6.15. The van der Waals surface area contributed by atoms with Crippen molar-refractivity contribution in [2.45, 2.75) is 27.1 Å². The van der Waals surface area contributed by atoms with Gasteiger partial charge in [-0.05, 0) is 57.4 Å². The highest BCUT2D eigenvalue weighted by Gasteiger charge is 2.18. The molecule has 0 unspecified atom stereocenters. The molecule has 166 valence electrons. The van der Waals surface area contributed by atoms with Crippen LogP contribution in [-0.2, 0) is 6.37 Å². The topological polar surface area (TPSA) is 12.9 Å². The van der Waals surface area contributed by atoms with Crippen molar-refractivity contribution in [1.82, 2.24) is 4.98 Å². The predicted molar refractivity (Wildman–Crippen MR) is 149 cm³/mol. The van der Waals surface area contributed by atoms with Crippen LogP contribution in [0, 0.1) is 5.41 Å². The predicted octanol–water partition coefficient (Wildman–Crippen LogP) is 9.53. The van der Waals surface area contributed by atoms with Gasteiger partial charge in [-0.3, -0.25) is 4.98 Å². The highest BCUT2D eigenvalue weighted by Crippen LogP contribution is 2.46. The maximum Gasteiger partial charge on any atom is 0.0719 e. The fraction of sp³-hybridized carbons (Fsp3) is 0.156. The van der Waals surface area contributed by atoms with E-state index < -0.39 is 11.8 Å². The summed E-state index contributed by atoms with van der Waals surface area (Å²) in [6.07, 6.45) is 0.265. The molecule has 2 heterocycles. The highest BCUT2D eigenvalue weighted by atomic mass is 32.1. The van der Waals surface area contributed by atoms with Crippen LogP contribution in [0.5, 0.6) is 0 Å². The van der Waals surface area contributed by atoms with Crippen molar-refractivity contribution in [1.29, 1.82) is 0 Å². The quantitative estimate of drug-likeness (QED) is 0.257. The number of fused-ring (bicyclic) bond motifs is 5. The Kier molecular flexibility index (Phi) is 4.48. The summed E-state index contributed by atoms with van der Waals surface area (Å²) in [6, 6.07) is 31.7. The molecule has 0 aliphatic carbocycles. The first-order valence-corrected chi connectivity index (χ1v) is 12.5. The van der Waals surface area contributed by atoms with E-state index in [4.69, 9.17) is 7.73 Å². The van der Waals surface area contributed by atoms with Crippen LogP contribution in [0.2, 0.25) is 0 Å². The number of thiophene rings is 1. The van der Waals surface area contributed by atoms with Gasteiger partial charge >= 0.3 is 0 Å². The van der Waals surface area contributed by atoms with Crippen molar-refractivity contribution in [3.63, 3.8) is 0 Å². The molecule has 2 aromatic heterocycles. The number of rotatable bonds is 3. The summed E-state index contributed by atoms with van der Waals surface area (Å²) < 4.78 is 20.0. The molecule has 0 bridgehead atoms. The second-order valence-electron chi connectivity index (χ2n) is 9.80. The molecular weight excluding hydrogens is 430 g/mol. The normalized spacial score (nSPS) is 13.4. The molecule has 0 aliphatic heterocycles. The number of hydrogen-bond donors (Lipinski definition) is 0. The summed E-state index contributed by atoms with van der Waals surface area (Å²) in [5, 5.41) is 4.96. The maximum absolute atomic E-state index is 8.78. The third-order valence-corrected chi connectivity index (χ3v) is 7.40. The van der Waals surface area contributed by atoms with Gasteiger partial charge in [0.1, 0.15) is 0 Å². The Bertz CT molecular complexity index is 1740. The molecule has 0 saturated heterocycles. The summed E-state index contributed by atoms with van der Waals surface area (Å²) >= 11 is 1.81. The van der Waals surface area contributed by atoms with Crippen LogP contribution in [0.3, 0.4) is 0 Å². The van der Waals surface area contributed by atoms with Gasteiger partial charge < -0.3 is 0 Å². The third-order valence-electron chi connectivity index (χ3n) is 6.13. The minimum absolute atomic E-state index is 0.529. The van der Waals surface area contributed by atoms with Crippen LogP contribution in [0.4, 0.5) is 0 Å². The molecule has 2 heteroatoms. The summed E-state index contributed by atoms with van der Waals surface area (Å²) in [4.78, 5) is 4.71. The van der Waals surface area contributed by atoms with E-state index in [0.29, 0.717) is 5.56 Å². The molecule has 1 nitrogen and oxygen atoms in total. The zero-order valence-electron chi connectivity index (χ0n) is 21.6. The second-order valence-corrected chi connectivity index (χ2v) is 10.8.